The van der Waals surface area contributed by atoms with Crippen LogP contribution < -0.4 is 5.32 Å². The maximum absolute atomic E-state index is 13.0. The Bertz CT molecular complexity index is 1080. The van der Waals surface area contributed by atoms with Crippen molar-refractivity contribution in [1.82, 2.24) is 9.88 Å². The summed E-state index contributed by atoms with van der Waals surface area (Å²) < 4.78 is 13.0. The zero-order chi connectivity index (χ0) is 21.1. The number of aromatic nitrogens is 1. The van der Waals surface area contributed by atoms with Crippen LogP contribution in [0.2, 0.25) is 0 Å². The van der Waals surface area contributed by atoms with E-state index in [4.69, 9.17) is 0 Å². The molecule has 0 unspecified atom stereocenters. The summed E-state index contributed by atoms with van der Waals surface area (Å²) in [7, 11) is 0. The number of halogens is 1. The Morgan fingerprint density at radius 2 is 1.63 bits per heavy atom. The lowest BCUT2D eigenvalue weighted by Gasteiger charge is -2.13. The first-order valence-electron chi connectivity index (χ1n) is 9.40. The van der Waals surface area contributed by atoms with Gasteiger partial charge >= 0.3 is 0 Å². The average Bonchev–Trinajstić information content (AvgIpc) is 3.31. The van der Waals surface area contributed by atoms with E-state index in [0.29, 0.717) is 17.1 Å². The van der Waals surface area contributed by atoms with E-state index >= 15 is 0 Å². The van der Waals surface area contributed by atoms with Crippen LogP contribution in [0.4, 0.5) is 9.52 Å². The molecule has 3 aromatic rings. The van der Waals surface area contributed by atoms with Gasteiger partial charge in [0.25, 0.3) is 5.91 Å². The summed E-state index contributed by atoms with van der Waals surface area (Å²) in [5, 5.41) is 3.25. The van der Waals surface area contributed by atoms with E-state index < -0.39 is 0 Å². The quantitative estimate of drug-likeness (QED) is 0.612. The molecule has 1 aliphatic rings. The third-order valence-corrected chi connectivity index (χ3v) is 5.69. The zero-order valence-electron chi connectivity index (χ0n) is 15.9. The Hall–Kier alpha value is -3.39. The fourth-order valence-corrected chi connectivity index (χ4v) is 4.00. The van der Waals surface area contributed by atoms with Crippen molar-refractivity contribution >= 4 is 34.2 Å². The van der Waals surface area contributed by atoms with Gasteiger partial charge in [-0.25, -0.2) is 9.37 Å². The Balaban J connectivity index is 1.36. The van der Waals surface area contributed by atoms with E-state index in [1.54, 1.807) is 42.6 Å². The first-order chi connectivity index (χ1) is 14.5. The van der Waals surface area contributed by atoms with Crippen molar-refractivity contribution in [3.8, 4) is 0 Å². The van der Waals surface area contributed by atoms with Crippen LogP contribution in [-0.2, 0) is 22.6 Å². The van der Waals surface area contributed by atoms with E-state index in [9.17, 15) is 18.8 Å². The normalized spacial score (nSPS) is 13.7. The van der Waals surface area contributed by atoms with Crippen LogP contribution >= 0.6 is 11.3 Å². The fraction of sp³-hybridized carbons (Fsp3) is 0.182. The van der Waals surface area contributed by atoms with Crippen molar-refractivity contribution in [2.75, 3.05) is 5.32 Å². The van der Waals surface area contributed by atoms with Gasteiger partial charge in [-0.3, -0.25) is 24.6 Å². The molecule has 1 fully saturated rings. The highest BCUT2D eigenvalue weighted by Gasteiger charge is 2.28. The summed E-state index contributed by atoms with van der Waals surface area (Å²) in [5.41, 5.74) is 2.20. The van der Waals surface area contributed by atoms with Gasteiger partial charge in [-0.05, 0) is 35.4 Å². The molecule has 3 amide bonds. The number of hydrogen-bond acceptors (Lipinski definition) is 5. The third-order valence-electron chi connectivity index (χ3n) is 4.78. The maximum Gasteiger partial charge on any atom is 0.257 e. The van der Waals surface area contributed by atoms with Crippen molar-refractivity contribution in [2.45, 2.75) is 25.8 Å². The van der Waals surface area contributed by atoms with Crippen LogP contribution in [0.5, 0.6) is 0 Å². The number of amides is 3. The minimum Gasteiger partial charge on any atom is -0.298 e. The van der Waals surface area contributed by atoms with E-state index in [1.165, 1.54) is 28.4 Å². The van der Waals surface area contributed by atoms with E-state index in [2.05, 4.69) is 10.3 Å². The maximum atomic E-state index is 13.0. The molecule has 2 heterocycles. The number of anilines is 1. The molecule has 6 nitrogen and oxygen atoms in total. The molecule has 0 atom stereocenters. The van der Waals surface area contributed by atoms with Gasteiger partial charge in [0, 0.05) is 35.9 Å². The Morgan fingerprint density at radius 1 is 1.00 bits per heavy atom. The standard InChI is InChI=1S/C22H18FN3O3S/c23-17-7-3-14(4-8-17)11-18-12-24-22(30-18)25-21(29)16-5-1-15(2-6-16)13-26-19(27)9-10-20(26)28/h1-8,12H,9-11,13H2,(H,24,25,29). The highest BCUT2D eigenvalue weighted by molar-refractivity contribution is 7.15. The number of thiazole rings is 1. The molecule has 0 radical (unpaired) electrons. The number of likely N-dealkylation sites (tertiary alicyclic amines) is 1. The van der Waals surface area contributed by atoms with Gasteiger partial charge in [-0.15, -0.1) is 11.3 Å². The van der Waals surface area contributed by atoms with E-state index in [-0.39, 0.29) is 42.9 Å². The first kappa shape index (κ1) is 19.9. The molecule has 1 N–H and O–H groups in total. The zero-order valence-corrected chi connectivity index (χ0v) is 16.7. The minimum absolute atomic E-state index is 0.165. The Kier molecular flexibility index (Phi) is 5.67. The molecule has 0 bridgehead atoms. The minimum atomic E-state index is -0.294. The van der Waals surface area contributed by atoms with Crippen LogP contribution in [-0.4, -0.2) is 27.6 Å². The summed E-state index contributed by atoms with van der Waals surface area (Å²) in [4.78, 5) is 42.3. The lowest BCUT2D eigenvalue weighted by atomic mass is 10.1. The van der Waals surface area contributed by atoms with Gasteiger partial charge in [0.1, 0.15) is 5.82 Å². The lowest BCUT2D eigenvalue weighted by molar-refractivity contribution is -0.139. The monoisotopic (exact) mass is 423 g/mol. The van der Waals surface area contributed by atoms with Crippen LogP contribution in [0, 0.1) is 5.82 Å². The summed E-state index contributed by atoms with van der Waals surface area (Å²) in [5.74, 6) is -0.901. The summed E-state index contributed by atoms with van der Waals surface area (Å²) in [6, 6.07) is 13.0. The van der Waals surface area contributed by atoms with Gasteiger partial charge in [0.2, 0.25) is 11.8 Å². The predicted octanol–water partition coefficient (Wildman–Crippen LogP) is 3.77. The number of nitrogens with zero attached hydrogens (tertiary/aromatic N) is 2. The average molecular weight is 423 g/mol. The smallest absolute Gasteiger partial charge is 0.257 e. The molecule has 0 saturated carbocycles. The molecule has 1 aliphatic heterocycles. The molecule has 4 rings (SSSR count). The molecule has 152 valence electrons. The number of rotatable bonds is 6. The van der Waals surface area contributed by atoms with Gasteiger partial charge in [0.15, 0.2) is 5.13 Å². The van der Waals surface area contributed by atoms with Crippen molar-refractivity contribution < 1.29 is 18.8 Å². The first-order valence-corrected chi connectivity index (χ1v) is 10.2. The van der Waals surface area contributed by atoms with Gasteiger partial charge in [-0.2, -0.15) is 0 Å². The van der Waals surface area contributed by atoms with Crippen LogP contribution in [0.1, 0.15) is 39.2 Å². The fourth-order valence-electron chi connectivity index (χ4n) is 3.16. The highest BCUT2D eigenvalue weighted by atomic mass is 32.1. The molecule has 8 heteroatoms. The van der Waals surface area contributed by atoms with Gasteiger partial charge < -0.3 is 0 Å². The second kappa shape index (κ2) is 8.54. The topological polar surface area (TPSA) is 79.4 Å². The molecule has 2 aromatic carbocycles. The Labute approximate surface area is 176 Å². The molecule has 30 heavy (non-hydrogen) atoms. The summed E-state index contributed by atoms with van der Waals surface area (Å²) >= 11 is 1.36. The number of benzene rings is 2. The van der Waals surface area contributed by atoms with Gasteiger partial charge in [-0.1, -0.05) is 24.3 Å². The molecular formula is C22H18FN3O3S. The molecular weight excluding hydrogens is 405 g/mol. The summed E-state index contributed by atoms with van der Waals surface area (Å²) in [6.45, 7) is 0.221. The third kappa shape index (κ3) is 4.60. The molecule has 1 saturated heterocycles. The van der Waals surface area contributed by atoms with Gasteiger partial charge in [0.05, 0.1) is 6.54 Å². The van der Waals surface area contributed by atoms with Crippen LogP contribution in [0.25, 0.3) is 0 Å². The van der Waals surface area contributed by atoms with Crippen molar-refractivity contribution in [1.29, 1.82) is 0 Å². The molecule has 0 spiro atoms. The van der Waals surface area contributed by atoms with Crippen LogP contribution in [0.15, 0.2) is 54.7 Å². The number of nitrogens with one attached hydrogen (secondary N) is 1. The number of carbonyl (C=O) groups excluding carboxylic acids is 3. The predicted molar refractivity (Wildman–Crippen MR) is 111 cm³/mol. The summed E-state index contributed by atoms with van der Waals surface area (Å²) in [6.07, 6.45) is 2.82. The van der Waals surface area contributed by atoms with E-state index in [0.717, 1.165) is 16.0 Å². The van der Waals surface area contributed by atoms with Crippen molar-refractivity contribution in [2.24, 2.45) is 0 Å². The SMILES string of the molecule is O=C(Nc1ncc(Cc2ccc(F)cc2)s1)c1ccc(CN2C(=O)CCC2=O)cc1. The largest absolute Gasteiger partial charge is 0.298 e. The second-order valence-corrected chi connectivity index (χ2v) is 8.07. The van der Waals surface area contributed by atoms with Crippen molar-refractivity contribution in [3.05, 3.63) is 82.1 Å². The highest BCUT2D eigenvalue weighted by Crippen LogP contribution is 2.22. The second-order valence-electron chi connectivity index (χ2n) is 6.96. The Morgan fingerprint density at radius 3 is 2.30 bits per heavy atom. The van der Waals surface area contributed by atoms with Crippen LogP contribution in [0.3, 0.4) is 0 Å². The lowest BCUT2D eigenvalue weighted by Crippen LogP contribution is -2.28. The van der Waals surface area contributed by atoms with E-state index in [1.807, 2.05) is 0 Å². The number of hydrogen-bond donors (Lipinski definition) is 1. The molecule has 0 aliphatic carbocycles. The number of imide groups is 1. The molecule has 1 aromatic heterocycles. The van der Waals surface area contributed by atoms with Crippen molar-refractivity contribution in [3.63, 3.8) is 0 Å². The number of carbonyl (C=O) groups is 3.